The van der Waals surface area contributed by atoms with Gasteiger partial charge in [-0.3, -0.25) is 14.6 Å². The van der Waals surface area contributed by atoms with Crippen LogP contribution in [0.4, 0.5) is 0 Å². The Morgan fingerprint density at radius 1 is 1.18 bits per heavy atom. The quantitative estimate of drug-likeness (QED) is 0.666. The molecule has 1 aromatic carbocycles. The maximum atomic E-state index is 12.3. The number of carboxylic acid groups (broad SMARTS) is 1. The summed E-state index contributed by atoms with van der Waals surface area (Å²) in [6, 6.07) is 10.0. The molecule has 5 heteroatoms. The minimum Gasteiger partial charge on any atom is -0.483 e. The van der Waals surface area contributed by atoms with Gasteiger partial charge in [0.25, 0.3) is 6.47 Å². The normalized spacial score (nSPS) is 14.9. The highest BCUT2D eigenvalue weighted by Crippen LogP contribution is 2.33. The Labute approximate surface area is 133 Å². The first-order valence-corrected chi connectivity index (χ1v) is 8.21. The van der Waals surface area contributed by atoms with Crippen LogP contribution in [-0.4, -0.2) is 21.7 Å². The molecule has 116 valence electrons. The number of hydrogen-bond donors (Lipinski definition) is 1. The van der Waals surface area contributed by atoms with Gasteiger partial charge in [-0.05, 0) is 36.7 Å². The van der Waals surface area contributed by atoms with Crippen LogP contribution in [0, 0.1) is 5.92 Å². The molecule has 0 unspecified atom stereocenters. The number of aromatic nitrogens is 1. The van der Waals surface area contributed by atoms with Crippen LogP contribution < -0.4 is 0 Å². The average molecular weight is 317 g/mol. The van der Waals surface area contributed by atoms with Gasteiger partial charge in [-0.1, -0.05) is 37.5 Å². The molecule has 1 N–H and O–H groups in total. The summed E-state index contributed by atoms with van der Waals surface area (Å²) in [7, 11) is 0. The topological polar surface area (TPSA) is 67.3 Å². The molecule has 0 aliphatic heterocycles. The first-order chi connectivity index (χ1) is 10.8. The molecular formula is C17H19NO3S. The molecule has 0 atom stereocenters. The molecule has 2 aromatic rings. The van der Waals surface area contributed by atoms with Crippen molar-refractivity contribution >= 4 is 34.3 Å². The number of para-hydroxylation sites is 1. The summed E-state index contributed by atoms with van der Waals surface area (Å²) in [6.45, 7) is -0.250. The van der Waals surface area contributed by atoms with Gasteiger partial charge in [0, 0.05) is 22.4 Å². The summed E-state index contributed by atoms with van der Waals surface area (Å²) in [6.07, 6.45) is 7.59. The Balaban J connectivity index is 0.000000545. The molecule has 1 aliphatic carbocycles. The molecule has 4 nitrogen and oxygen atoms in total. The van der Waals surface area contributed by atoms with Crippen LogP contribution in [0.1, 0.15) is 32.1 Å². The number of carbonyl (C=O) groups is 2. The van der Waals surface area contributed by atoms with Crippen LogP contribution in [0.15, 0.2) is 41.4 Å². The van der Waals surface area contributed by atoms with Crippen molar-refractivity contribution in [2.24, 2.45) is 5.92 Å². The molecule has 0 spiro atoms. The Bertz CT molecular complexity index is 633. The number of pyridine rings is 1. The summed E-state index contributed by atoms with van der Waals surface area (Å²) < 4.78 is 0. The standard InChI is InChI=1S/C16H17NOS.CH2O2/c18-16(13-6-2-1-3-7-13)19-14-10-4-8-12-9-5-11-17-15(12)14;2-1-3/h4-5,8-11,13H,1-3,6-7H2;1H,(H,2,3). The van der Waals surface area contributed by atoms with E-state index in [1.807, 2.05) is 30.3 Å². The lowest BCUT2D eigenvalue weighted by atomic mass is 9.90. The molecule has 1 saturated carbocycles. The molecule has 1 aromatic heterocycles. The van der Waals surface area contributed by atoms with Gasteiger partial charge in [-0.15, -0.1) is 0 Å². The smallest absolute Gasteiger partial charge is 0.290 e. The third-order valence-corrected chi connectivity index (χ3v) is 4.83. The van der Waals surface area contributed by atoms with Crippen LogP contribution in [0.5, 0.6) is 0 Å². The fraction of sp³-hybridized carbons (Fsp3) is 0.353. The van der Waals surface area contributed by atoms with Gasteiger partial charge < -0.3 is 5.11 Å². The van der Waals surface area contributed by atoms with Crippen LogP contribution in [0.2, 0.25) is 0 Å². The van der Waals surface area contributed by atoms with Gasteiger partial charge in [0.1, 0.15) is 0 Å². The fourth-order valence-electron chi connectivity index (χ4n) is 2.69. The second kappa shape index (κ2) is 8.54. The maximum absolute atomic E-state index is 12.3. The first kappa shape index (κ1) is 16.5. The molecular weight excluding hydrogens is 298 g/mol. The van der Waals surface area contributed by atoms with Crippen molar-refractivity contribution < 1.29 is 14.7 Å². The zero-order valence-corrected chi connectivity index (χ0v) is 13.1. The molecule has 1 fully saturated rings. The highest BCUT2D eigenvalue weighted by molar-refractivity contribution is 8.13. The van der Waals surface area contributed by atoms with Crippen molar-refractivity contribution in [1.29, 1.82) is 0 Å². The molecule has 0 radical (unpaired) electrons. The Kier molecular flexibility index (Phi) is 6.40. The first-order valence-electron chi connectivity index (χ1n) is 7.39. The van der Waals surface area contributed by atoms with Crippen molar-refractivity contribution in [3.63, 3.8) is 0 Å². The highest BCUT2D eigenvalue weighted by atomic mass is 32.2. The van der Waals surface area contributed by atoms with Gasteiger partial charge in [0.15, 0.2) is 5.12 Å². The van der Waals surface area contributed by atoms with Crippen LogP contribution in [-0.2, 0) is 9.59 Å². The van der Waals surface area contributed by atoms with Crippen LogP contribution in [0.25, 0.3) is 10.9 Å². The van der Waals surface area contributed by atoms with E-state index in [-0.39, 0.29) is 12.4 Å². The van der Waals surface area contributed by atoms with E-state index >= 15 is 0 Å². The van der Waals surface area contributed by atoms with E-state index in [9.17, 15) is 4.79 Å². The number of fused-ring (bicyclic) bond motifs is 1. The lowest BCUT2D eigenvalue weighted by Gasteiger charge is -2.19. The fourth-order valence-corrected chi connectivity index (χ4v) is 3.72. The van der Waals surface area contributed by atoms with E-state index in [1.165, 1.54) is 31.0 Å². The van der Waals surface area contributed by atoms with E-state index in [0.29, 0.717) is 5.12 Å². The summed E-state index contributed by atoms with van der Waals surface area (Å²) in [5, 5.41) is 8.31. The minimum absolute atomic E-state index is 0.248. The Morgan fingerprint density at radius 3 is 2.59 bits per heavy atom. The van der Waals surface area contributed by atoms with E-state index < -0.39 is 0 Å². The van der Waals surface area contributed by atoms with Crippen molar-refractivity contribution in [3.05, 3.63) is 36.5 Å². The molecule has 22 heavy (non-hydrogen) atoms. The summed E-state index contributed by atoms with van der Waals surface area (Å²) in [5.41, 5.74) is 0.944. The summed E-state index contributed by atoms with van der Waals surface area (Å²) in [5.74, 6) is 0.248. The third kappa shape index (κ3) is 4.31. The van der Waals surface area contributed by atoms with Gasteiger partial charge in [0.2, 0.25) is 0 Å². The average Bonchev–Trinajstić information content (AvgIpc) is 2.57. The van der Waals surface area contributed by atoms with Crippen LogP contribution in [0.3, 0.4) is 0 Å². The predicted octanol–water partition coefficient (Wildman–Crippen LogP) is 4.13. The number of thioether (sulfide) groups is 1. The molecule has 0 bridgehead atoms. The monoisotopic (exact) mass is 317 g/mol. The number of benzene rings is 1. The number of nitrogens with zero attached hydrogens (tertiary/aromatic N) is 1. The minimum atomic E-state index is -0.250. The highest BCUT2D eigenvalue weighted by Gasteiger charge is 2.22. The molecule has 0 saturated heterocycles. The van der Waals surface area contributed by atoms with E-state index in [1.54, 1.807) is 6.20 Å². The van der Waals surface area contributed by atoms with E-state index in [4.69, 9.17) is 9.90 Å². The van der Waals surface area contributed by atoms with Gasteiger partial charge in [-0.25, -0.2) is 0 Å². The zero-order valence-electron chi connectivity index (χ0n) is 12.3. The summed E-state index contributed by atoms with van der Waals surface area (Å²) in [4.78, 5) is 26.1. The number of rotatable bonds is 2. The molecule has 3 rings (SSSR count). The molecule has 0 amide bonds. The van der Waals surface area contributed by atoms with Crippen molar-refractivity contribution in [2.75, 3.05) is 0 Å². The van der Waals surface area contributed by atoms with Crippen molar-refractivity contribution in [3.8, 4) is 0 Å². The predicted molar refractivity (Wildman–Crippen MR) is 87.9 cm³/mol. The second-order valence-electron chi connectivity index (χ2n) is 5.19. The second-order valence-corrected chi connectivity index (χ2v) is 6.24. The SMILES string of the molecule is O=C(Sc1cccc2cccnc12)C1CCCCC1.O=CO. The molecule has 1 heterocycles. The van der Waals surface area contributed by atoms with Crippen LogP contribution >= 0.6 is 11.8 Å². The largest absolute Gasteiger partial charge is 0.483 e. The maximum Gasteiger partial charge on any atom is 0.290 e. The van der Waals surface area contributed by atoms with E-state index in [0.717, 1.165) is 28.6 Å². The Morgan fingerprint density at radius 2 is 1.86 bits per heavy atom. The van der Waals surface area contributed by atoms with Gasteiger partial charge >= 0.3 is 0 Å². The molecule has 1 aliphatic rings. The Hall–Kier alpha value is -1.88. The van der Waals surface area contributed by atoms with E-state index in [2.05, 4.69) is 4.98 Å². The number of hydrogen-bond acceptors (Lipinski definition) is 4. The van der Waals surface area contributed by atoms with Crippen molar-refractivity contribution in [1.82, 2.24) is 4.98 Å². The lowest BCUT2D eigenvalue weighted by molar-refractivity contribution is -0.123. The van der Waals surface area contributed by atoms with Gasteiger partial charge in [-0.2, -0.15) is 0 Å². The van der Waals surface area contributed by atoms with Gasteiger partial charge in [0.05, 0.1) is 5.52 Å². The zero-order chi connectivity index (χ0) is 15.8. The third-order valence-electron chi connectivity index (χ3n) is 3.74. The lowest BCUT2D eigenvalue weighted by Crippen LogP contribution is -2.14. The number of carbonyl (C=O) groups excluding carboxylic acids is 1. The summed E-state index contributed by atoms with van der Waals surface area (Å²) >= 11 is 1.38. The van der Waals surface area contributed by atoms with Crippen molar-refractivity contribution in [2.45, 2.75) is 37.0 Å².